The summed E-state index contributed by atoms with van der Waals surface area (Å²) in [5, 5.41) is 12.7. The van der Waals surface area contributed by atoms with E-state index in [0.29, 0.717) is 18.9 Å². The summed E-state index contributed by atoms with van der Waals surface area (Å²) in [4.78, 5) is 11.0. The van der Waals surface area contributed by atoms with Crippen molar-refractivity contribution in [1.82, 2.24) is 5.32 Å². The van der Waals surface area contributed by atoms with Crippen molar-refractivity contribution >= 4 is 5.97 Å². The van der Waals surface area contributed by atoms with Crippen molar-refractivity contribution in [2.45, 2.75) is 58.5 Å². The first-order valence-corrected chi connectivity index (χ1v) is 8.01. The van der Waals surface area contributed by atoms with Gasteiger partial charge in [0.1, 0.15) is 5.82 Å². The van der Waals surface area contributed by atoms with Crippen LogP contribution in [0.2, 0.25) is 0 Å². The fourth-order valence-electron chi connectivity index (χ4n) is 3.28. The van der Waals surface area contributed by atoms with Gasteiger partial charge in [0.2, 0.25) is 0 Å². The molecule has 1 fully saturated rings. The van der Waals surface area contributed by atoms with E-state index in [1.165, 1.54) is 6.07 Å². The molecule has 0 aromatic heterocycles. The SMILES string of the molecule is CC(C)(C)C(NC1CCC(C(=O)O)CC1)c1cccc(F)c1. The molecule has 1 aromatic carbocycles. The highest BCUT2D eigenvalue weighted by Gasteiger charge is 2.32. The smallest absolute Gasteiger partial charge is 0.306 e. The summed E-state index contributed by atoms with van der Waals surface area (Å²) in [6.45, 7) is 6.41. The molecule has 22 heavy (non-hydrogen) atoms. The van der Waals surface area contributed by atoms with E-state index in [0.717, 1.165) is 18.4 Å². The molecule has 1 aromatic rings. The van der Waals surface area contributed by atoms with Crippen LogP contribution in [0.25, 0.3) is 0 Å². The molecule has 2 rings (SSSR count). The molecule has 0 bridgehead atoms. The number of aliphatic carboxylic acids is 1. The van der Waals surface area contributed by atoms with Crippen LogP contribution in [0, 0.1) is 17.2 Å². The Kier molecular flexibility index (Phi) is 5.22. The lowest BCUT2D eigenvalue weighted by molar-refractivity contribution is -0.142. The van der Waals surface area contributed by atoms with Crippen molar-refractivity contribution < 1.29 is 14.3 Å². The van der Waals surface area contributed by atoms with Gasteiger partial charge < -0.3 is 10.4 Å². The minimum Gasteiger partial charge on any atom is -0.481 e. The number of benzene rings is 1. The van der Waals surface area contributed by atoms with E-state index in [4.69, 9.17) is 5.11 Å². The van der Waals surface area contributed by atoms with Crippen LogP contribution in [-0.4, -0.2) is 17.1 Å². The summed E-state index contributed by atoms with van der Waals surface area (Å²) in [5.74, 6) is -1.11. The van der Waals surface area contributed by atoms with Gasteiger partial charge in [0, 0.05) is 12.1 Å². The van der Waals surface area contributed by atoms with E-state index in [2.05, 4.69) is 26.1 Å². The van der Waals surface area contributed by atoms with E-state index in [1.54, 1.807) is 12.1 Å². The summed E-state index contributed by atoms with van der Waals surface area (Å²) >= 11 is 0. The minimum absolute atomic E-state index is 0.0442. The average Bonchev–Trinajstić information content (AvgIpc) is 2.44. The Labute approximate surface area is 131 Å². The summed E-state index contributed by atoms with van der Waals surface area (Å²) < 4.78 is 13.5. The van der Waals surface area contributed by atoms with Crippen molar-refractivity contribution in [1.29, 1.82) is 0 Å². The van der Waals surface area contributed by atoms with Crippen molar-refractivity contribution in [3.63, 3.8) is 0 Å². The maximum absolute atomic E-state index is 13.5. The quantitative estimate of drug-likeness (QED) is 0.878. The molecule has 0 aliphatic heterocycles. The molecule has 0 spiro atoms. The molecule has 2 N–H and O–H groups in total. The fourth-order valence-corrected chi connectivity index (χ4v) is 3.28. The van der Waals surface area contributed by atoms with Gasteiger partial charge in [-0.3, -0.25) is 4.79 Å². The third-order valence-corrected chi connectivity index (χ3v) is 4.53. The number of halogens is 1. The highest BCUT2D eigenvalue weighted by atomic mass is 19.1. The normalized spacial score (nSPS) is 24.0. The predicted octanol–water partition coefficient (Wildman–Crippen LogP) is 4.15. The Morgan fingerprint density at radius 1 is 1.27 bits per heavy atom. The number of carbonyl (C=O) groups is 1. The molecule has 122 valence electrons. The van der Waals surface area contributed by atoms with E-state index in [1.807, 2.05) is 6.07 Å². The van der Waals surface area contributed by atoms with Gasteiger partial charge in [-0.15, -0.1) is 0 Å². The van der Waals surface area contributed by atoms with Crippen LogP contribution < -0.4 is 5.32 Å². The number of carboxylic acid groups (broad SMARTS) is 1. The summed E-state index contributed by atoms with van der Waals surface area (Å²) in [6, 6.07) is 7.09. The van der Waals surface area contributed by atoms with Gasteiger partial charge in [0.05, 0.1) is 5.92 Å². The molecule has 1 atom stereocenters. The van der Waals surface area contributed by atoms with Crippen LogP contribution in [0.4, 0.5) is 4.39 Å². The second-order valence-electron chi connectivity index (χ2n) is 7.41. The largest absolute Gasteiger partial charge is 0.481 e. The Bertz CT molecular complexity index is 516. The first kappa shape index (κ1) is 16.9. The highest BCUT2D eigenvalue weighted by molar-refractivity contribution is 5.70. The highest BCUT2D eigenvalue weighted by Crippen LogP contribution is 2.35. The molecule has 0 radical (unpaired) electrons. The van der Waals surface area contributed by atoms with Crippen LogP contribution >= 0.6 is 0 Å². The first-order chi connectivity index (χ1) is 10.3. The monoisotopic (exact) mass is 307 g/mol. The van der Waals surface area contributed by atoms with Crippen LogP contribution in [-0.2, 0) is 4.79 Å². The van der Waals surface area contributed by atoms with Crippen molar-refractivity contribution in [3.05, 3.63) is 35.6 Å². The zero-order valence-corrected chi connectivity index (χ0v) is 13.6. The molecular weight excluding hydrogens is 281 g/mol. The van der Waals surface area contributed by atoms with Gasteiger partial charge in [-0.2, -0.15) is 0 Å². The minimum atomic E-state index is -0.684. The number of nitrogens with one attached hydrogen (secondary N) is 1. The number of hydrogen-bond acceptors (Lipinski definition) is 2. The molecule has 1 unspecified atom stereocenters. The zero-order valence-electron chi connectivity index (χ0n) is 13.6. The number of carboxylic acids is 1. The molecule has 0 saturated heterocycles. The lowest BCUT2D eigenvalue weighted by Crippen LogP contribution is -2.42. The van der Waals surface area contributed by atoms with E-state index < -0.39 is 5.97 Å². The number of rotatable bonds is 4. The first-order valence-electron chi connectivity index (χ1n) is 8.01. The van der Waals surface area contributed by atoms with E-state index in [-0.39, 0.29) is 23.2 Å². The van der Waals surface area contributed by atoms with E-state index in [9.17, 15) is 9.18 Å². The van der Waals surface area contributed by atoms with Gasteiger partial charge in [-0.05, 0) is 48.8 Å². The Balaban J connectivity index is 2.08. The zero-order chi connectivity index (χ0) is 16.3. The molecule has 1 saturated carbocycles. The van der Waals surface area contributed by atoms with Crippen LogP contribution in [0.3, 0.4) is 0 Å². The van der Waals surface area contributed by atoms with Crippen molar-refractivity contribution in [3.8, 4) is 0 Å². The van der Waals surface area contributed by atoms with Gasteiger partial charge in [-0.1, -0.05) is 32.9 Å². The molecule has 1 aliphatic rings. The maximum atomic E-state index is 13.5. The molecule has 3 nitrogen and oxygen atoms in total. The van der Waals surface area contributed by atoms with Gasteiger partial charge in [0.25, 0.3) is 0 Å². The predicted molar refractivity (Wildman–Crippen MR) is 85.1 cm³/mol. The summed E-state index contributed by atoms with van der Waals surface area (Å²) in [5.41, 5.74) is 0.908. The topological polar surface area (TPSA) is 49.3 Å². The average molecular weight is 307 g/mol. The second-order valence-corrected chi connectivity index (χ2v) is 7.41. The Morgan fingerprint density at radius 2 is 1.91 bits per heavy atom. The molecule has 0 amide bonds. The summed E-state index contributed by atoms with van der Waals surface area (Å²) in [6.07, 6.45) is 3.15. The number of hydrogen-bond donors (Lipinski definition) is 2. The van der Waals surface area contributed by atoms with Gasteiger partial charge in [0.15, 0.2) is 0 Å². The molecule has 0 heterocycles. The summed E-state index contributed by atoms with van der Waals surface area (Å²) in [7, 11) is 0. The second kappa shape index (κ2) is 6.78. The van der Waals surface area contributed by atoms with Crippen LogP contribution in [0.1, 0.15) is 58.1 Å². The van der Waals surface area contributed by atoms with Crippen molar-refractivity contribution in [2.24, 2.45) is 11.3 Å². The molecular formula is C18H26FNO2. The lowest BCUT2D eigenvalue weighted by Gasteiger charge is -2.37. The standard InChI is InChI=1S/C18H26FNO2/c1-18(2,3)16(13-5-4-6-14(19)11-13)20-15-9-7-12(8-10-15)17(21)22/h4-6,11-12,15-16,20H,7-10H2,1-3H3,(H,21,22). The third kappa shape index (κ3) is 4.29. The maximum Gasteiger partial charge on any atom is 0.306 e. The Hall–Kier alpha value is -1.42. The lowest BCUT2D eigenvalue weighted by atomic mass is 9.80. The Morgan fingerprint density at radius 3 is 2.41 bits per heavy atom. The van der Waals surface area contributed by atoms with E-state index >= 15 is 0 Å². The van der Waals surface area contributed by atoms with Gasteiger partial charge in [-0.25, -0.2) is 4.39 Å². The van der Waals surface area contributed by atoms with Crippen LogP contribution in [0.15, 0.2) is 24.3 Å². The third-order valence-electron chi connectivity index (χ3n) is 4.53. The van der Waals surface area contributed by atoms with Crippen LogP contribution in [0.5, 0.6) is 0 Å². The fraction of sp³-hybridized carbons (Fsp3) is 0.611. The molecule has 1 aliphatic carbocycles. The van der Waals surface area contributed by atoms with Gasteiger partial charge >= 0.3 is 5.97 Å². The van der Waals surface area contributed by atoms with Crippen molar-refractivity contribution in [2.75, 3.05) is 0 Å². The molecule has 4 heteroatoms.